The molecule has 20 heavy (non-hydrogen) atoms. The molecule has 1 atom stereocenters. The number of benzene rings is 1. The summed E-state index contributed by atoms with van der Waals surface area (Å²) in [5, 5.41) is 0. The Labute approximate surface area is 133 Å². The van der Waals surface area contributed by atoms with E-state index in [-0.39, 0.29) is 21.1 Å². The van der Waals surface area contributed by atoms with Crippen LogP contribution in [-0.4, -0.2) is 19.0 Å². The molecule has 3 aliphatic rings. The number of hydrogen-bond acceptors (Lipinski definition) is 7. The van der Waals surface area contributed by atoms with E-state index in [0.29, 0.717) is 16.7 Å². The van der Waals surface area contributed by atoms with E-state index in [4.69, 9.17) is 13.9 Å². The van der Waals surface area contributed by atoms with Crippen LogP contribution < -0.4 is 16.5 Å². The van der Waals surface area contributed by atoms with Crippen LogP contribution >= 0.6 is 43.0 Å². The standard InChI is InChI=1S/C11H6I2N2O5/c1-10(12,11-13(14-11)15-11)9(17)20-6-4-2-3-5(18-4)7(6)19-8(3)16/h2,14-15H,1H3. The topological polar surface area (TPSA) is 110 Å². The zero-order valence-corrected chi connectivity index (χ0v) is 14.2. The summed E-state index contributed by atoms with van der Waals surface area (Å²) >= 11 is 0.846. The SMILES string of the molecule is CC(I)(C(=O)Oc1c2c3oc1cc3C(=O)O2)C12NI1N2. The van der Waals surface area contributed by atoms with Crippen molar-refractivity contribution in [2.24, 2.45) is 0 Å². The fraction of sp³-hybridized carbons (Fsp3) is 0.273. The second-order valence-corrected chi connectivity index (χ2v) is 11.4. The van der Waals surface area contributed by atoms with E-state index in [2.05, 4.69) is 29.7 Å². The van der Waals surface area contributed by atoms with E-state index < -0.39 is 29.8 Å². The summed E-state index contributed by atoms with van der Waals surface area (Å²) in [7, 11) is 0. The molecule has 0 saturated carbocycles. The van der Waals surface area contributed by atoms with Crippen LogP contribution in [0.4, 0.5) is 0 Å². The van der Waals surface area contributed by atoms with Gasteiger partial charge < -0.3 is 0 Å². The fourth-order valence-electron chi connectivity index (χ4n) is 2.28. The van der Waals surface area contributed by atoms with Gasteiger partial charge in [0.1, 0.15) is 0 Å². The summed E-state index contributed by atoms with van der Waals surface area (Å²) in [6, 6.07) is 1.54. The molecular formula is C11H6I2N2O5. The van der Waals surface area contributed by atoms with Crippen LogP contribution in [0.1, 0.15) is 17.3 Å². The number of rotatable bonds is 3. The quantitative estimate of drug-likeness (QED) is 0.126. The monoisotopic (exact) mass is 500 g/mol. The molecule has 2 fully saturated rings. The third-order valence-electron chi connectivity index (χ3n) is 3.67. The van der Waals surface area contributed by atoms with E-state index in [1.165, 1.54) is 0 Å². The van der Waals surface area contributed by atoms with Gasteiger partial charge in [-0.3, -0.25) is 0 Å². The van der Waals surface area contributed by atoms with Gasteiger partial charge in [0.15, 0.2) is 0 Å². The summed E-state index contributed by atoms with van der Waals surface area (Å²) in [6.07, 6.45) is 0. The molecule has 0 amide bonds. The van der Waals surface area contributed by atoms with Gasteiger partial charge in [0.2, 0.25) is 0 Å². The van der Waals surface area contributed by atoms with E-state index in [9.17, 15) is 9.59 Å². The van der Waals surface area contributed by atoms with Gasteiger partial charge in [-0.15, -0.1) is 0 Å². The second-order valence-electron chi connectivity index (χ2n) is 4.92. The Morgan fingerprint density at radius 2 is 2.25 bits per heavy atom. The van der Waals surface area contributed by atoms with Gasteiger partial charge in [0.05, 0.1) is 0 Å². The Bertz CT molecular complexity index is 807. The predicted molar refractivity (Wildman–Crippen MR) is 83.4 cm³/mol. The molecule has 2 saturated heterocycles. The van der Waals surface area contributed by atoms with Crippen LogP contribution in [0.15, 0.2) is 10.5 Å². The van der Waals surface area contributed by atoms with Gasteiger partial charge in [-0.1, -0.05) is 0 Å². The first-order valence-corrected chi connectivity index (χ1v) is 10.0. The van der Waals surface area contributed by atoms with Crippen molar-refractivity contribution >= 4 is 66.1 Å². The Morgan fingerprint density at radius 3 is 2.90 bits per heavy atom. The first-order valence-electron chi connectivity index (χ1n) is 5.72. The van der Waals surface area contributed by atoms with Crippen LogP contribution in [0.25, 0.3) is 11.2 Å². The van der Waals surface area contributed by atoms with Crippen LogP contribution in [0.5, 0.6) is 11.5 Å². The van der Waals surface area contributed by atoms with E-state index in [1.54, 1.807) is 6.07 Å². The Kier molecular flexibility index (Phi) is 1.93. The summed E-state index contributed by atoms with van der Waals surface area (Å²) in [5.41, 5.74) is 1.13. The number of fused-ring (bicyclic) bond motifs is 2. The molecule has 5 heterocycles. The average Bonchev–Trinajstić information content (AvgIpc) is 3.13. The van der Waals surface area contributed by atoms with Gasteiger partial charge in [0, 0.05) is 0 Å². The minimum absolute atomic E-state index is 0.205. The summed E-state index contributed by atoms with van der Waals surface area (Å²) in [4.78, 5) is 23.9. The van der Waals surface area contributed by atoms with Gasteiger partial charge >= 0.3 is 134 Å². The number of furan rings is 2. The zero-order chi connectivity index (χ0) is 13.9. The van der Waals surface area contributed by atoms with E-state index in [1.807, 2.05) is 6.92 Å². The molecule has 3 aliphatic heterocycles. The number of hydrogen-bond donors (Lipinski definition) is 2. The maximum absolute atomic E-state index is 12.4. The molecule has 2 aromatic heterocycles. The van der Waals surface area contributed by atoms with Gasteiger partial charge in [-0.2, -0.15) is 0 Å². The van der Waals surface area contributed by atoms with E-state index in [0.717, 1.165) is 0 Å². The van der Waals surface area contributed by atoms with Crippen LogP contribution in [0.3, 0.4) is 0 Å². The third-order valence-corrected chi connectivity index (χ3v) is 10.8. The molecular weight excluding hydrogens is 494 g/mol. The van der Waals surface area contributed by atoms with Crippen molar-refractivity contribution < 1.29 is 23.5 Å². The van der Waals surface area contributed by atoms with Crippen molar-refractivity contribution in [1.29, 1.82) is 0 Å². The van der Waals surface area contributed by atoms with Crippen LogP contribution in [0, 0.1) is 0 Å². The molecule has 2 N–H and O–H groups in total. The first-order chi connectivity index (χ1) is 9.44. The molecule has 2 bridgehead atoms. The number of nitrogens with one attached hydrogen (secondary N) is 2. The number of alkyl halides is 2. The normalized spacial score (nSPS) is 25.3. The molecule has 2 aromatic rings. The number of carbonyl (C=O) groups excluding carboxylic acids is 2. The van der Waals surface area contributed by atoms with Gasteiger partial charge in [-0.25, -0.2) is 0 Å². The van der Waals surface area contributed by atoms with Gasteiger partial charge in [-0.05, 0) is 0 Å². The zero-order valence-electron chi connectivity index (χ0n) is 9.87. The molecule has 1 unspecified atom stereocenters. The summed E-state index contributed by atoms with van der Waals surface area (Å²) in [6.45, 7) is 1.83. The van der Waals surface area contributed by atoms with Crippen molar-refractivity contribution in [3.63, 3.8) is 0 Å². The van der Waals surface area contributed by atoms with Crippen molar-refractivity contribution in [2.75, 3.05) is 0 Å². The number of carbonyl (C=O) groups is 2. The number of esters is 2. The predicted octanol–water partition coefficient (Wildman–Crippen LogP) is 1.70. The summed E-state index contributed by atoms with van der Waals surface area (Å²) < 4.78 is 21.6. The molecule has 0 aliphatic carbocycles. The molecule has 0 spiro atoms. The molecule has 0 radical (unpaired) electrons. The van der Waals surface area contributed by atoms with Crippen molar-refractivity contribution in [3.05, 3.63) is 11.6 Å². The number of ether oxygens (including phenoxy) is 2. The van der Waals surface area contributed by atoms with Crippen LogP contribution in [0.2, 0.25) is 0 Å². The minimum atomic E-state index is -1.25. The fourth-order valence-corrected chi connectivity index (χ4v) is 10.0. The summed E-state index contributed by atoms with van der Waals surface area (Å²) in [5.74, 6) is -0.406. The molecule has 7 nitrogen and oxygen atoms in total. The second kappa shape index (κ2) is 3.23. The molecule has 5 rings (SSSR count). The van der Waals surface area contributed by atoms with Crippen LogP contribution in [-0.2, 0) is 4.79 Å². The Hall–Kier alpha value is -0.660. The maximum atomic E-state index is 12.4. The number of halogens is 2. The average molecular weight is 500 g/mol. The van der Waals surface area contributed by atoms with Crippen molar-refractivity contribution in [2.45, 2.75) is 14.0 Å². The third kappa shape index (κ3) is 1.19. The molecule has 104 valence electrons. The first kappa shape index (κ1) is 11.9. The molecule has 0 aromatic carbocycles. The van der Waals surface area contributed by atoms with Gasteiger partial charge in [0.25, 0.3) is 0 Å². The molecule has 9 heteroatoms. The Balaban J connectivity index is 1.50. The Morgan fingerprint density at radius 1 is 1.55 bits per heavy atom. The van der Waals surface area contributed by atoms with Crippen molar-refractivity contribution in [3.8, 4) is 11.5 Å². The van der Waals surface area contributed by atoms with Crippen molar-refractivity contribution in [1.82, 2.24) is 7.06 Å². The van der Waals surface area contributed by atoms with E-state index >= 15 is 0 Å².